The van der Waals surface area contributed by atoms with E-state index in [4.69, 9.17) is 11.6 Å². The number of aromatic nitrogens is 1. The molecule has 2 N–H and O–H groups in total. The highest BCUT2D eigenvalue weighted by Crippen LogP contribution is 2.35. The van der Waals surface area contributed by atoms with Gasteiger partial charge in [0.05, 0.1) is 0 Å². The Morgan fingerprint density at radius 3 is 2.48 bits per heavy atom. The molecule has 0 fully saturated rings. The molecule has 0 saturated heterocycles. The number of fused-ring (bicyclic) bond motifs is 1. The van der Waals surface area contributed by atoms with Gasteiger partial charge in [0.2, 0.25) is 5.91 Å². The maximum Gasteiger partial charge on any atom is 0.221 e. The molecule has 0 saturated carbocycles. The predicted octanol–water partition coefficient (Wildman–Crippen LogP) is 6.53. The van der Waals surface area contributed by atoms with E-state index in [1.807, 2.05) is 24.3 Å². The first-order valence-corrected chi connectivity index (χ1v) is 12.7. The van der Waals surface area contributed by atoms with E-state index in [9.17, 15) is 4.79 Å². The van der Waals surface area contributed by atoms with E-state index < -0.39 is 0 Å². The number of amides is 1. The van der Waals surface area contributed by atoms with Crippen LogP contribution in [0.3, 0.4) is 0 Å². The first-order valence-electron chi connectivity index (χ1n) is 12.3. The largest absolute Gasteiger partial charge is 0.361 e. The number of aromatic amines is 1. The Kier molecular flexibility index (Phi) is 9.40. The van der Waals surface area contributed by atoms with Gasteiger partial charge in [0.15, 0.2) is 0 Å². The number of hydrogen-bond donors (Lipinski definition) is 2. The second-order valence-corrected chi connectivity index (χ2v) is 9.32. The smallest absolute Gasteiger partial charge is 0.221 e. The molecule has 2 aromatic carbocycles. The van der Waals surface area contributed by atoms with Gasteiger partial charge in [-0.3, -0.25) is 4.79 Å². The van der Waals surface area contributed by atoms with Crippen molar-refractivity contribution in [1.29, 1.82) is 0 Å². The van der Waals surface area contributed by atoms with Crippen LogP contribution in [0.2, 0.25) is 5.02 Å². The molecule has 3 aromatic rings. The Balaban J connectivity index is 1.76. The topological polar surface area (TPSA) is 48.1 Å². The summed E-state index contributed by atoms with van der Waals surface area (Å²) < 4.78 is 0. The third-order valence-corrected chi connectivity index (χ3v) is 6.92. The highest BCUT2D eigenvalue weighted by molar-refractivity contribution is 6.30. The molecule has 1 aromatic heterocycles. The van der Waals surface area contributed by atoms with Crippen molar-refractivity contribution in [2.75, 3.05) is 19.6 Å². The summed E-state index contributed by atoms with van der Waals surface area (Å²) >= 11 is 6.15. The summed E-state index contributed by atoms with van der Waals surface area (Å²) in [4.78, 5) is 19.0. The van der Waals surface area contributed by atoms with Crippen molar-refractivity contribution < 1.29 is 4.79 Å². The summed E-state index contributed by atoms with van der Waals surface area (Å²) in [6.45, 7) is 11.9. The fourth-order valence-electron chi connectivity index (χ4n) is 4.68. The second kappa shape index (κ2) is 12.2. The molecule has 3 rings (SSSR count). The third-order valence-electron chi connectivity index (χ3n) is 6.67. The zero-order valence-electron chi connectivity index (χ0n) is 20.5. The Labute approximate surface area is 203 Å². The van der Waals surface area contributed by atoms with Crippen molar-refractivity contribution in [3.8, 4) is 0 Å². The van der Waals surface area contributed by atoms with E-state index in [-0.39, 0.29) is 17.9 Å². The maximum atomic E-state index is 13.1. The van der Waals surface area contributed by atoms with Crippen molar-refractivity contribution in [2.24, 2.45) is 0 Å². The van der Waals surface area contributed by atoms with Crippen LogP contribution in [-0.4, -0.2) is 41.5 Å². The zero-order chi connectivity index (χ0) is 23.8. The highest BCUT2D eigenvalue weighted by Gasteiger charge is 2.23. The van der Waals surface area contributed by atoms with Gasteiger partial charge < -0.3 is 15.2 Å². The lowest BCUT2D eigenvalue weighted by Crippen LogP contribution is -2.34. The summed E-state index contributed by atoms with van der Waals surface area (Å²) in [6, 6.07) is 14.5. The van der Waals surface area contributed by atoms with Crippen LogP contribution in [0.1, 0.15) is 69.6 Å². The first kappa shape index (κ1) is 25.3. The number of halogens is 1. The molecule has 0 spiro atoms. The lowest BCUT2D eigenvalue weighted by molar-refractivity contribution is -0.121. The Morgan fingerprint density at radius 1 is 1.09 bits per heavy atom. The molecule has 2 atom stereocenters. The van der Waals surface area contributed by atoms with Crippen molar-refractivity contribution in [2.45, 2.75) is 65.3 Å². The number of hydrogen-bond acceptors (Lipinski definition) is 2. The molecule has 0 unspecified atom stereocenters. The molecule has 0 radical (unpaired) electrons. The lowest BCUT2D eigenvalue weighted by Gasteiger charge is -2.21. The molecule has 0 aliphatic rings. The minimum absolute atomic E-state index is 0.0361. The van der Waals surface area contributed by atoms with Crippen LogP contribution < -0.4 is 5.32 Å². The van der Waals surface area contributed by atoms with Crippen LogP contribution in [0.15, 0.2) is 48.7 Å². The molecule has 178 valence electrons. The van der Waals surface area contributed by atoms with Crippen LogP contribution in [0.5, 0.6) is 0 Å². The minimum atomic E-state index is -0.0361. The van der Waals surface area contributed by atoms with Gasteiger partial charge in [-0.15, -0.1) is 0 Å². The average Bonchev–Trinajstić information content (AvgIpc) is 3.25. The van der Waals surface area contributed by atoms with Crippen LogP contribution in [0, 0.1) is 0 Å². The molecule has 4 nitrogen and oxygen atoms in total. The van der Waals surface area contributed by atoms with Crippen LogP contribution in [-0.2, 0) is 11.2 Å². The number of para-hydroxylation sites is 1. The van der Waals surface area contributed by atoms with Crippen molar-refractivity contribution in [3.05, 3.63) is 70.4 Å². The highest BCUT2D eigenvalue weighted by atomic mass is 35.5. The number of nitrogens with zero attached hydrogens (tertiary/aromatic N) is 1. The summed E-state index contributed by atoms with van der Waals surface area (Å²) in [5, 5.41) is 5.13. The van der Waals surface area contributed by atoms with Gasteiger partial charge in [-0.1, -0.05) is 62.7 Å². The molecule has 1 amide bonds. The zero-order valence-corrected chi connectivity index (χ0v) is 21.2. The fraction of sp³-hybridized carbons (Fsp3) is 0.464. The van der Waals surface area contributed by atoms with Gasteiger partial charge in [-0.05, 0) is 74.6 Å². The third kappa shape index (κ3) is 6.61. The Hall–Kier alpha value is -2.30. The number of H-pyrrole nitrogens is 1. The summed E-state index contributed by atoms with van der Waals surface area (Å²) in [6.07, 6.45) is 5.52. The van der Waals surface area contributed by atoms with Gasteiger partial charge in [0.1, 0.15) is 0 Å². The fourth-order valence-corrected chi connectivity index (χ4v) is 4.80. The molecule has 0 bridgehead atoms. The van der Waals surface area contributed by atoms with E-state index in [0.29, 0.717) is 11.4 Å². The Bertz CT molecular complexity index is 1020. The minimum Gasteiger partial charge on any atom is -0.361 e. The normalized spacial score (nSPS) is 13.4. The van der Waals surface area contributed by atoms with E-state index in [1.54, 1.807) is 0 Å². The molecular weight excluding hydrogens is 430 g/mol. The Morgan fingerprint density at radius 2 is 1.82 bits per heavy atom. The van der Waals surface area contributed by atoms with Crippen LogP contribution in [0.25, 0.3) is 10.9 Å². The number of nitrogens with one attached hydrogen (secondary N) is 2. The number of carbonyl (C=O) groups excluding carboxylic acids is 1. The van der Waals surface area contributed by atoms with Crippen molar-refractivity contribution >= 4 is 28.4 Å². The maximum absolute atomic E-state index is 13.1. The van der Waals surface area contributed by atoms with Gasteiger partial charge in [0, 0.05) is 40.5 Å². The quantitative estimate of drug-likeness (QED) is 0.318. The van der Waals surface area contributed by atoms with Crippen molar-refractivity contribution in [3.63, 3.8) is 0 Å². The summed E-state index contributed by atoms with van der Waals surface area (Å²) in [5.41, 5.74) is 4.72. The number of carbonyl (C=O) groups is 1. The van der Waals surface area contributed by atoms with E-state index in [0.717, 1.165) is 50.0 Å². The van der Waals surface area contributed by atoms with E-state index >= 15 is 0 Å². The number of aryl methyl sites for hydroxylation is 1. The lowest BCUT2D eigenvalue weighted by atomic mass is 9.87. The van der Waals surface area contributed by atoms with E-state index in [1.165, 1.54) is 16.5 Å². The van der Waals surface area contributed by atoms with E-state index in [2.05, 4.69) is 67.3 Å². The monoisotopic (exact) mass is 467 g/mol. The number of rotatable bonds is 12. The standard InChI is InChI=1S/C28H38ClN3O/c1-5-21-11-8-12-24-26(19-30-28(21)24)25(22-13-15-23(29)16-14-22)18-27(33)31-20(4)10-9-17-32(6-2)7-3/h8,11-16,19-20,25,30H,5-7,9-10,17-18H2,1-4H3,(H,31,33)/t20-,25-/m0/s1. The first-order chi connectivity index (χ1) is 16.0. The van der Waals surface area contributed by atoms with Gasteiger partial charge >= 0.3 is 0 Å². The molecule has 0 aliphatic heterocycles. The summed E-state index contributed by atoms with van der Waals surface area (Å²) in [7, 11) is 0. The molecule has 5 heteroatoms. The van der Waals surface area contributed by atoms with Crippen molar-refractivity contribution in [1.82, 2.24) is 15.2 Å². The number of benzene rings is 2. The molecular formula is C28H38ClN3O. The second-order valence-electron chi connectivity index (χ2n) is 8.88. The molecule has 1 heterocycles. The van der Waals surface area contributed by atoms with Gasteiger partial charge in [0.25, 0.3) is 0 Å². The van der Waals surface area contributed by atoms with Crippen LogP contribution in [0.4, 0.5) is 0 Å². The summed E-state index contributed by atoms with van der Waals surface area (Å²) in [5.74, 6) is 0.0530. The predicted molar refractivity (Wildman–Crippen MR) is 140 cm³/mol. The molecule has 0 aliphatic carbocycles. The molecule has 33 heavy (non-hydrogen) atoms. The van der Waals surface area contributed by atoms with Gasteiger partial charge in [-0.2, -0.15) is 0 Å². The average molecular weight is 468 g/mol. The van der Waals surface area contributed by atoms with Gasteiger partial charge in [-0.25, -0.2) is 0 Å². The van der Waals surface area contributed by atoms with Crippen LogP contribution >= 0.6 is 11.6 Å². The SMILES string of the molecule is CCc1cccc2c([C@@H](CC(=O)N[C@@H](C)CCCN(CC)CC)c3ccc(Cl)cc3)c[nH]c12.